The Hall–Kier alpha value is -4.60. The zero-order valence-corrected chi connectivity index (χ0v) is 15.9. The summed E-state index contributed by atoms with van der Waals surface area (Å²) in [7, 11) is 0. The fourth-order valence-corrected chi connectivity index (χ4v) is 2.86. The molecule has 0 unspecified atom stereocenters. The number of pyridine rings is 1. The maximum atomic E-state index is 12.9. The summed E-state index contributed by atoms with van der Waals surface area (Å²) < 4.78 is 6.29. The molecule has 31 heavy (non-hydrogen) atoms. The van der Waals surface area contributed by atoms with Crippen LogP contribution >= 0.6 is 0 Å². The van der Waals surface area contributed by atoms with Crippen molar-refractivity contribution >= 4 is 17.6 Å². The average Bonchev–Trinajstić information content (AvgIpc) is 3.28. The number of aromatic nitrogens is 4. The van der Waals surface area contributed by atoms with Crippen molar-refractivity contribution in [2.24, 2.45) is 0 Å². The number of hydrogen-bond acceptors (Lipinski definition) is 7. The van der Waals surface area contributed by atoms with E-state index in [1.54, 1.807) is 48.7 Å². The molecular formula is C21H15N5O5. The molecule has 4 aromatic rings. The van der Waals surface area contributed by atoms with Crippen LogP contribution in [0.3, 0.4) is 0 Å². The van der Waals surface area contributed by atoms with E-state index in [0.717, 1.165) is 10.8 Å². The Balaban J connectivity index is 1.64. The van der Waals surface area contributed by atoms with Gasteiger partial charge in [-0.3, -0.25) is 23.9 Å². The fourth-order valence-electron chi connectivity index (χ4n) is 2.86. The van der Waals surface area contributed by atoms with Gasteiger partial charge in [-0.2, -0.15) is 0 Å². The number of aliphatic carboxylic acids is 1. The van der Waals surface area contributed by atoms with Crippen LogP contribution in [0.4, 0.5) is 5.69 Å². The normalized spacial score (nSPS) is 10.6. The number of anilines is 1. The summed E-state index contributed by atoms with van der Waals surface area (Å²) in [4.78, 5) is 49.0. The highest BCUT2D eigenvalue weighted by atomic mass is 16.4. The Bertz CT molecular complexity index is 1300. The first-order valence-electron chi connectivity index (χ1n) is 9.07. The maximum Gasteiger partial charge on any atom is 0.323 e. The van der Waals surface area contributed by atoms with E-state index in [4.69, 9.17) is 4.42 Å². The van der Waals surface area contributed by atoms with Crippen molar-refractivity contribution in [3.63, 3.8) is 0 Å². The molecule has 0 bridgehead atoms. The summed E-state index contributed by atoms with van der Waals surface area (Å²) in [6, 6.07) is 12.1. The number of rotatable bonds is 6. The van der Waals surface area contributed by atoms with Crippen molar-refractivity contribution in [1.82, 2.24) is 19.5 Å². The van der Waals surface area contributed by atoms with Crippen LogP contribution in [0.1, 0.15) is 10.5 Å². The van der Waals surface area contributed by atoms with Crippen LogP contribution in [0, 0.1) is 0 Å². The third kappa shape index (κ3) is 4.22. The summed E-state index contributed by atoms with van der Waals surface area (Å²) in [5.41, 5.74) is 0.197. The van der Waals surface area contributed by atoms with Gasteiger partial charge in [-0.05, 0) is 12.1 Å². The van der Waals surface area contributed by atoms with Crippen LogP contribution in [-0.2, 0) is 11.3 Å². The zero-order chi connectivity index (χ0) is 21.8. The second-order valence-electron chi connectivity index (χ2n) is 6.38. The zero-order valence-electron chi connectivity index (χ0n) is 15.9. The SMILES string of the molecule is O=C(O)Cn1c(-c2ccccc2)ncc(NC(=O)c2coc(-c3cccnc3)n2)c1=O. The second-order valence-corrected chi connectivity index (χ2v) is 6.38. The van der Waals surface area contributed by atoms with Crippen molar-refractivity contribution in [3.8, 4) is 22.8 Å². The quantitative estimate of drug-likeness (QED) is 0.487. The van der Waals surface area contributed by atoms with Gasteiger partial charge in [0.25, 0.3) is 11.5 Å². The van der Waals surface area contributed by atoms with Gasteiger partial charge in [0.15, 0.2) is 5.69 Å². The van der Waals surface area contributed by atoms with Crippen LogP contribution in [0.5, 0.6) is 0 Å². The standard InChI is InChI=1S/C21H15N5O5/c27-17(28)11-26-18(13-5-2-1-3-6-13)23-10-15(21(26)30)24-19(29)16-12-31-20(25-16)14-7-4-8-22-9-14/h1-10,12H,11H2,(H,24,29)(H,27,28). The van der Waals surface area contributed by atoms with Crippen LogP contribution in [-0.4, -0.2) is 36.5 Å². The molecule has 0 spiro atoms. The van der Waals surface area contributed by atoms with Gasteiger partial charge in [0.1, 0.15) is 24.3 Å². The van der Waals surface area contributed by atoms with E-state index in [9.17, 15) is 19.5 Å². The van der Waals surface area contributed by atoms with Gasteiger partial charge in [0.2, 0.25) is 5.89 Å². The average molecular weight is 417 g/mol. The van der Waals surface area contributed by atoms with E-state index in [-0.39, 0.29) is 23.1 Å². The molecule has 154 valence electrons. The van der Waals surface area contributed by atoms with Gasteiger partial charge in [0.05, 0.1) is 11.8 Å². The van der Waals surface area contributed by atoms with E-state index < -0.39 is 24.0 Å². The van der Waals surface area contributed by atoms with Crippen LogP contribution in [0.15, 0.2) is 76.5 Å². The van der Waals surface area contributed by atoms with E-state index in [1.807, 2.05) is 0 Å². The molecule has 0 saturated carbocycles. The third-order valence-corrected chi connectivity index (χ3v) is 4.27. The Kier molecular flexibility index (Phi) is 5.35. The number of carbonyl (C=O) groups is 2. The molecule has 0 aliphatic carbocycles. The lowest BCUT2D eigenvalue weighted by atomic mass is 10.2. The number of carboxylic acid groups (broad SMARTS) is 1. The fraction of sp³-hybridized carbons (Fsp3) is 0.0476. The predicted octanol–water partition coefficient (Wildman–Crippen LogP) is 2.30. The smallest absolute Gasteiger partial charge is 0.323 e. The van der Waals surface area contributed by atoms with Gasteiger partial charge in [-0.25, -0.2) is 9.97 Å². The molecule has 1 aromatic carbocycles. The Labute approximate surface area is 174 Å². The van der Waals surface area contributed by atoms with Gasteiger partial charge in [-0.1, -0.05) is 30.3 Å². The number of carbonyl (C=O) groups excluding carboxylic acids is 1. The first kappa shape index (κ1) is 19.7. The van der Waals surface area contributed by atoms with E-state index >= 15 is 0 Å². The van der Waals surface area contributed by atoms with E-state index in [0.29, 0.717) is 11.1 Å². The minimum atomic E-state index is -1.22. The lowest BCUT2D eigenvalue weighted by Gasteiger charge is -2.12. The maximum absolute atomic E-state index is 12.9. The number of amides is 1. The molecule has 1 amide bonds. The Morgan fingerprint density at radius 2 is 1.84 bits per heavy atom. The van der Waals surface area contributed by atoms with Gasteiger partial charge in [0, 0.05) is 18.0 Å². The molecule has 0 aliphatic rings. The third-order valence-electron chi connectivity index (χ3n) is 4.27. The largest absolute Gasteiger partial charge is 0.480 e. The molecule has 0 saturated heterocycles. The number of nitrogens with one attached hydrogen (secondary N) is 1. The molecule has 4 rings (SSSR count). The Morgan fingerprint density at radius 1 is 1.06 bits per heavy atom. The van der Waals surface area contributed by atoms with Crippen LogP contribution in [0.2, 0.25) is 0 Å². The van der Waals surface area contributed by atoms with Gasteiger partial charge < -0.3 is 14.8 Å². The highest BCUT2D eigenvalue weighted by Gasteiger charge is 2.19. The van der Waals surface area contributed by atoms with Crippen molar-refractivity contribution in [1.29, 1.82) is 0 Å². The van der Waals surface area contributed by atoms with Gasteiger partial charge in [-0.15, -0.1) is 0 Å². The molecule has 3 heterocycles. The monoisotopic (exact) mass is 417 g/mol. The first-order chi connectivity index (χ1) is 15.0. The Morgan fingerprint density at radius 3 is 2.55 bits per heavy atom. The topological polar surface area (TPSA) is 140 Å². The molecule has 10 nitrogen and oxygen atoms in total. The minimum Gasteiger partial charge on any atom is -0.480 e. The number of hydrogen-bond donors (Lipinski definition) is 2. The van der Waals surface area contributed by atoms with Gasteiger partial charge >= 0.3 is 5.97 Å². The lowest BCUT2D eigenvalue weighted by Crippen LogP contribution is -2.30. The van der Waals surface area contributed by atoms with Crippen molar-refractivity contribution in [2.45, 2.75) is 6.54 Å². The summed E-state index contributed by atoms with van der Waals surface area (Å²) in [6.07, 6.45) is 5.46. The molecule has 0 fully saturated rings. The molecule has 0 aliphatic heterocycles. The molecule has 0 radical (unpaired) electrons. The highest BCUT2D eigenvalue weighted by molar-refractivity contribution is 6.02. The summed E-state index contributed by atoms with van der Waals surface area (Å²) in [6.45, 7) is -0.616. The minimum absolute atomic E-state index is 0.0600. The molecule has 0 atom stereocenters. The molecule has 3 aromatic heterocycles. The van der Waals surface area contributed by atoms with Crippen molar-refractivity contribution in [3.05, 3.63) is 83.4 Å². The second kappa shape index (κ2) is 8.41. The molecular weight excluding hydrogens is 402 g/mol. The number of nitrogens with zero attached hydrogens (tertiary/aromatic N) is 4. The lowest BCUT2D eigenvalue weighted by molar-refractivity contribution is -0.137. The summed E-state index contributed by atoms with van der Waals surface area (Å²) >= 11 is 0. The number of carboxylic acids is 1. The van der Waals surface area contributed by atoms with Crippen LogP contribution in [0.25, 0.3) is 22.8 Å². The van der Waals surface area contributed by atoms with Crippen LogP contribution < -0.4 is 10.9 Å². The number of oxazole rings is 1. The van der Waals surface area contributed by atoms with E-state index in [2.05, 4.69) is 20.3 Å². The van der Waals surface area contributed by atoms with Crippen molar-refractivity contribution < 1.29 is 19.1 Å². The van der Waals surface area contributed by atoms with Crippen molar-refractivity contribution in [2.75, 3.05) is 5.32 Å². The number of benzene rings is 1. The highest BCUT2D eigenvalue weighted by Crippen LogP contribution is 2.19. The predicted molar refractivity (Wildman–Crippen MR) is 109 cm³/mol. The summed E-state index contributed by atoms with van der Waals surface area (Å²) in [5.74, 6) is -1.56. The molecule has 2 N–H and O–H groups in total. The first-order valence-corrected chi connectivity index (χ1v) is 9.07. The molecule has 10 heteroatoms. The summed E-state index contributed by atoms with van der Waals surface area (Å²) in [5, 5.41) is 11.6. The van der Waals surface area contributed by atoms with E-state index in [1.165, 1.54) is 12.4 Å².